The summed E-state index contributed by atoms with van der Waals surface area (Å²) in [6, 6.07) is 19.2. The molecule has 0 radical (unpaired) electrons. The molecule has 3 heterocycles. The maximum absolute atomic E-state index is 13.3. The van der Waals surface area contributed by atoms with Gasteiger partial charge in [0.2, 0.25) is 12.7 Å². The van der Waals surface area contributed by atoms with Crippen LogP contribution in [0.5, 0.6) is 11.5 Å². The van der Waals surface area contributed by atoms with E-state index in [1.165, 1.54) is 0 Å². The smallest absolute Gasteiger partial charge is 0.285 e. The van der Waals surface area contributed by atoms with Gasteiger partial charge in [0.15, 0.2) is 15.8 Å². The predicted molar refractivity (Wildman–Crippen MR) is 162 cm³/mol. The molecule has 6 rings (SSSR count). The van der Waals surface area contributed by atoms with Crippen molar-refractivity contribution in [3.63, 3.8) is 0 Å². The third kappa shape index (κ3) is 5.26. The van der Waals surface area contributed by atoms with E-state index in [1.807, 2.05) is 35.8 Å². The first-order valence-corrected chi connectivity index (χ1v) is 14.0. The lowest BCUT2D eigenvalue weighted by atomic mass is 10.1. The Morgan fingerprint density at radius 1 is 1.07 bits per heavy atom. The zero-order chi connectivity index (χ0) is 28.7. The van der Waals surface area contributed by atoms with Gasteiger partial charge >= 0.3 is 0 Å². The highest BCUT2D eigenvalue weighted by Crippen LogP contribution is 2.36. The summed E-state index contributed by atoms with van der Waals surface area (Å²) in [6.45, 7) is 2.09. The Bertz CT molecular complexity index is 1780. The number of nitrogens with zero attached hydrogens (tertiary/aromatic N) is 2. The van der Waals surface area contributed by atoms with Crippen LogP contribution in [0.25, 0.3) is 17.0 Å². The van der Waals surface area contributed by atoms with Crippen molar-refractivity contribution in [1.29, 1.82) is 0 Å². The number of para-hydroxylation sites is 1. The van der Waals surface area contributed by atoms with Crippen molar-refractivity contribution in [3.8, 4) is 11.5 Å². The Balaban J connectivity index is 1.24. The van der Waals surface area contributed by atoms with E-state index in [9.17, 15) is 14.4 Å². The number of fused-ring (bicyclic) bond motifs is 2. The minimum absolute atomic E-state index is 0.0484. The third-order valence-corrected chi connectivity index (χ3v) is 8.18. The van der Waals surface area contributed by atoms with Crippen LogP contribution in [0.15, 0.2) is 71.6 Å². The summed E-state index contributed by atoms with van der Waals surface area (Å²) in [5.41, 5.74) is 5.92. The molecule has 0 bridgehead atoms. The predicted octanol–water partition coefficient (Wildman–Crippen LogP) is 5.52. The number of benzene rings is 3. The zero-order valence-corrected chi connectivity index (χ0v) is 23.9. The highest BCUT2D eigenvalue weighted by molar-refractivity contribution is 8.26. The van der Waals surface area contributed by atoms with Crippen molar-refractivity contribution >= 4 is 80.3 Å². The van der Waals surface area contributed by atoms with Crippen molar-refractivity contribution in [2.75, 3.05) is 12.1 Å². The maximum atomic E-state index is 13.3. The number of hydrogen-bond acceptors (Lipinski definition) is 7. The topological polar surface area (TPSA) is 102 Å². The SMILES string of the molecule is Cc1c(/C=C2\SC(=S)N(NC(=O)c3ccc(Cl)cc3)C2=O)c2ccccc2n1CC(=O)Nc1ccc2c(c1)OCO2. The first-order chi connectivity index (χ1) is 19.8. The minimum Gasteiger partial charge on any atom is -0.454 e. The van der Waals surface area contributed by atoms with Gasteiger partial charge in [-0.3, -0.25) is 19.8 Å². The maximum Gasteiger partial charge on any atom is 0.285 e. The van der Waals surface area contributed by atoms with Crippen molar-refractivity contribution in [2.45, 2.75) is 13.5 Å². The van der Waals surface area contributed by atoms with Crippen LogP contribution in [-0.4, -0.2) is 38.4 Å². The van der Waals surface area contributed by atoms with E-state index in [4.69, 9.17) is 33.3 Å². The molecule has 41 heavy (non-hydrogen) atoms. The van der Waals surface area contributed by atoms with Gasteiger partial charge in [0.25, 0.3) is 11.8 Å². The summed E-state index contributed by atoms with van der Waals surface area (Å²) >= 11 is 12.4. The molecule has 206 valence electrons. The van der Waals surface area contributed by atoms with Crippen molar-refractivity contribution in [1.82, 2.24) is 15.0 Å². The number of hydrazine groups is 1. The molecule has 3 amide bonds. The van der Waals surface area contributed by atoms with Gasteiger partial charge < -0.3 is 19.4 Å². The van der Waals surface area contributed by atoms with Crippen LogP contribution in [-0.2, 0) is 16.1 Å². The van der Waals surface area contributed by atoms with E-state index in [-0.39, 0.29) is 23.6 Å². The number of carbonyl (C=O) groups is 3. The summed E-state index contributed by atoms with van der Waals surface area (Å²) < 4.78 is 12.8. The summed E-state index contributed by atoms with van der Waals surface area (Å²) in [7, 11) is 0. The van der Waals surface area contributed by atoms with Gasteiger partial charge in [0.05, 0.1) is 4.91 Å². The van der Waals surface area contributed by atoms with E-state index < -0.39 is 11.8 Å². The van der Waals surface area contributed by atoms with Crippen molar-refractivity contribution < 1.29 is 23.9 Å². The van der Waals surface area contributed by atoms with Crippen LogP contribution in [0.4, 0.5) is 5.69 Å². The first-order valence-electron chi connectivity index (χ1n) is 12.4. The van der Waals surface area contributed by atoms with Gasteiger partial charge in [-0.05, 0) is 67.7 Å². The second-order valence-electron chi connectivity index (χ2n) is 9.18. The first kappa shape index (κ1) is 26.9. The molecular weight excluding hydrogens is 584 g/mol. The minimum atomic E-state index is -0.486. The molecule has 0 saturated carbocycles. The molecular formula is C29H21ClN4O5S2. The third-order valence-electron chi connectivity index (χ3n) is 6.63. The largest absolute Gasteiger partial charge is 0.454 e. The number of thiocarbonyl (C=S) groups is 1. The van der Waals surface area contributed by atoms with E-state index in [0.717, 1.165) is 38.9 Å². The molecule has 0 spiro atoms. The second kappa shape index (κ2) is 10.9. The van der Waals surface area contributed by atoms with Gasteiger partial charge in [-0.25, -0.2) is 0 Å². The van der Waals surface area contributed by atoms with Gasteiger partial charge in [0, 0.05) is 44.5 Å². The standard InChI is InChI=1S/C29H21ClN4O5S2/c1-16-21(13-25-28(37)34(29(40)41-25)32-27(36)17-6-8-18(30)9-7-17)20-4-2-3-5-22(20)33(16)14-26(35)31-19-10-11-23-24(12-19)39-15-38-23/h2-13H,14-15H2,1H3,(H,31,35)(H,32,36)/b25-13-. The lowest BCUT2D eigenvalue weighted by Crippen LogP contribution is -2.44. The van der Waals surface area contributed by atoms with Crippen LogP contribution in [0.3, 0.4) is 0 Å². The molecule has 2 aliphatic heterocycles. The Morgan fingerprint density at radius 3 is 2.63 bits per heavy atom. The lowest BCUT2D eigenvalue weighted by Gasteiger charge is -2.15. The molecule has 1 fully saturated rings. The Kier molecular flexibility index (Phi) is 7.16. The van der Waals surface area contributed by atoms with Crippen LogP contribution in [0, 0.1) is 6.92 Å². The van der Waals surface area contributed by atoms with Gasteiger partial charge in [-0.1, -0.05) is 41.6 Å². The molecule has 4 aromatic rings. The molecule has 1 saturated heterocycles. The number of ether oxygens (including phenoxy) is 2. The molecule has 2 N–H and O–H groups in total. The fraction of sp³-hybridized carbons (Fsp3) is 0.103. The molecule has 12 heteroatoms. The average molecular weight is 605 g/mol. The number of aromatic nitrogens is 1. The summed E-state index contributed by atoms with van der Waals surface area (Å²) in [6.07, 6.45) is 1.75. The molecule has 9 nitrogen and oxygen atoms in total. The normalized spacial score (nSPS) is 15.2. The number of rotatable bonds is 6. The molecule has 0 aliphatic carbocycles. The highest BCUT2D eigenvalue weighted by atomic mass is 35.5. The Hall–Kier alpha value is -4.32. The number of nitrogens with one attached hydrogen (secondary N) is 2. The molecule has 1 aromatic heterocycles. The van der Waals surface area contributed by atoms with E-state index in [2.05, 4.69) is 10.7 Å². The summed E-state index contributed by atoms with van der Waals surface area (Å²) in [5, 5.41) is 5.34. The number of hydrogen-bond donors (Lipinski definition) is 2. The van der Waals surface area contributed by atoms with Crippen LogP contribution < -0.4 is 20.2 Å². The number of carbonyl (C=O) groups excluding carboxylic acids is 3. The van der Waals surface area contributed by atoms with Crippen LogP contribution in [0.1, 0.15) is 21.6 Å². The van der Waals surface area contributed by atoms with Gasteiger partial charge in [-0.15, -0.1) is 0 Å². The summed E-state index contributed by atoms with van der Waals surface area (Å²) in [4.78, 5) is 39.4. The molecule has 0 atom stereocenters. The summed E-state index contributed by atoms with van der Waals surface area (Å²) in [5.74, 6) is 0.0549. The monoisotopic (exact) mass is 604 g/mol. The average Bonchev–Trinajstić information content (AvgIpc) is 3.61. The van der Waals surface area contributed by atoms with Crippen molar-refractivity contribution in [2.24, 2.45) is 0 Å². The fourth-order valence-corrected chi connectivity index (χ4v) is 5.91. The molecule has 3 aromatic carbocycles. The number of thioether (sulfide) groups is 1. The Labute approximate surface area is 249 Å². The quantitative estimate of drug-likeness (QED) is 0.221. The van der Waals surface area contributed by atoms with E-state index in [0.29, 0.717) is 32.7 Å². The number of halogens is 1. The van der Waals surface area contributed by atoms with E-state index in [1.54, 1.807) is 48.5 Å². The fourth-order valence-electron chi connectivity index (χ4n) is 4.62. The van der Waals surface area contributed by atoms with Crippen LogP contribution >= 0.6 is 35.6 Å². The lowest BCUT2D eigenvalue weighted by molar-refractivity contribution is -0.123. The molecule has 2 aliphatic rings. The molecule has 0 unspecified atom stereocenters. The number of amides is 3. The van der Waals surface area contributed by atoms with Crippen LogP contribution in [0.2, 0.25) is 5.02 Å². The zero-order valence-electron chi connectivity index (χ0n) is 21.5. The second-order valence-corrected chi connectivity index (χ2v) is 11.3. The van der Waals surface area contributed by atoms with Gasteiger partial charge in [-0.2, -0.15) is 5.01 Å². The number of anilines is 1. The Morgan fingerprint density at radius 2 is 1.83 bits per heavy atom. The van der Waals surface area contributed by atoms with Crippen molar-refractivity contribution in [3.05, 3.63) is 93.5 Å². The van der Waals surface area contributed by atoms with Gasteiger partial charge in [0.1, 0.15) is 6.54 Å². The van der Waals surface area contributed by atoms with E-state index >= 15 is 0 Å². The highest BCUT2D eigenvalue weighted by Gasteiger charge is 2.34.